The summed E-state index contributed by atoms with van der Waals surface area (Å²) in [5.74, 6) is 0. The molecule has 16 heavy (non-hydrogen) atoms. The Hall–Kier alpha value is 1.59. The molecule has 0 aliphatic rings. The molecule has 0 aliphatic carbocycles. The van der Waals surface area contributed by atoms with E-state index in [0.717, 1.165) is 0 Å². The van der Waals surface area contributed by atoms with Crippen molar-refractivity contribution in [3.8, 4) is 0 Å². The van der Waals surface area contributed by atoms with Crippen molar-refractivity contribution in [1.29, 1.82) is 0 Å². The summed E-state index contributed by atoms with van der Waals surface area (Å²) in [5, 5.41) is 0. The molecular formula is C8H12CsF6O. The fourth-order valence-corrected chi connectivity index (χ4v) is 0.754. The third-order valence-corrected chi connectivity index (χ3v) is 1.88. The first-order chi connectivity index (χ1) is 6.21. The molecule has 8 heteroatoms. The second kappa shape index (κ2) is 5.70. The van der Waals surface area contributed by atoms with Gasteiger partial charge in [0.05, 0.1) is 0 Å². The minimum atomic E-state index is -4.85. The SMILES string of the molecule is CC(C)(OC(C)(C)C(F)(F)F)C(F)(F)F.[Cs]. The Kier molecular flexibility index (Phi) is 7.10. The summed E-state index contributed by atoms with van der Waals surface area (Å²) >= 11 is 0. The van der Waals surface area contributed by atoms with Crippen LogP contribution in [0.3, 0.4) is 0 Å². The number of halogens is 6. The van der Waals surface area contributed by atoms with Gasteiger partial charge in [-0.3, -0.25) is 0 Å². The van der Waals surface area contributed by atoms with Crippen molar-refractivity contribution >= 4 is 68.9 Å². The minimum absolute atomic E-state index is 0. The number of hydrogen-bond donors (Lipinski definition) is 0. The molecule has 0 aromatic carbocycles. The monoisotopic (exact) mass is 371 g/mol. The molecule has 0 aromatic rings. The summed E-state index contributed by atoms with van der Waals surface area (Å²) in [6.45, 7) is 2.22. The molecule has 1 radical (unpaired) electrons. The van der Waals surface area contributed by atoms with E-state index in [0.29, 0.717) is 27.7 Å². The average Bonchev–Trinajstić information content (AvgIpc) is 1.77. The average molecular weight is 371 g/mol. The van der Waals surface area contributed by atoms with Crippen LogP contribution in [0.15, 0.2) is 0 Å². The third kappa shape index (κ3) is 5.07. The standard InChI is InChI=1S/C8H12F6O.Cs/c1-5(2,7(9,10)11)15-6(3,4)8(12,13)14;/h1-4H3;. The third-order valence-electron chi connectivity index (χ3n) is 1.88. The Balaban J connectivity index is 0. The first-order valence-electron chi connectivity index (χ1n) is 4.04. The zero-order valence-electron chi connectivity index (χ0n) is 9.68. The van der Waals surface area contributed by atoms with Gasteiger partial charge in [-0.25, -0.2) is 0 Å². The van der Waals surface area contributed by atoms with Gasteiger partial charge < -0.3 is 4.74 Å². The molecule has 0 N–H and O–H groups in total. The number of rotatable bonds is 2. The number of hydrogen-bond acceptors (Lipinski definition) is 1. The Bertz CT molecular complexity index is 206. The molecule has 1 nitrogen and oxygen atoms in total. The smallest absolute Gasteiger partial charge is 0.351 e. The maximum Gasteiger partial charge on any atom is 0.416 e. The summed E-state index contributed by atoms with van der Waals surface area (Å²) in [5.41, 5.74) is -5.68. The molecule has 0 heterocycles. The van der Waals surface area contributed by atoms with Crippen molar-refractivity contribution in [3.05, 3.63) is 0 Å². The maximum atomic E-state index is 12.3. The maximum absolute atomic E-state index is 12.3. The van der Waals surface area contributed by atoms with Crippen LogP contribution in [0.4, 0.5) is 26.3 Å². The second-order valence-corrected chi connectivity index (χ2v) is 4.12. The van der Waals surface area contributed by atoms with Gasteiger partial charge in [-0.05, 0) is 27.7 Å². The second-order valence-electron chi connectivity index (χ2n) is 4.12. The molecule has 0 rings (SSSR count). The van der Waals surface area contributed by atoms with Gasteiger partial charge in [0.25, 0.3) is 0 Å². The van der Waals surface area contributed by atoms with Gasteiger partial charge in [-0.2, -0.15) is 26.3 Å². The molecule has 0 spiro atoms. The van der Waals surface area contributed by atoms with Crippen LogP contribution in [0.2, 0.25) is 0 Å². The van der Waals surface area contributed by atoms with Crippen LogP contribution in [0, 0.1) is 0 Å². The topological polar surface area (TPSA) is 9.23 Å². The molecule has 0 aromatic heterocycles. The van der Waals surface area contributed by atoms with E-state index in [1.807, 2.05) is 0 Å². The van der Waals surface area contributed by atoms with E-state index >= 15 is 0 Å². The zero-order chi connectivity index (χ0) is 12.7. The summed E-state index contributed by atoms with van der Waals surface area (Å²) < 4.78 is 77.7. The van der Waals surface area contributed by atoms with Gasteiger partial charge in [-0.1, -0.05) is 0 Å². The molecule has 0 bridgehead atoms. The molecule has 0 atom stereocenters. The molecule has 93 valence electrons. The van der Waals surface area contributed by atoms with Crippen molar-refractivity contribution < 1.29 is 31.1 Å². The summed E-state index contributed by atoms with van der Waals surface area (Å²) in [6.07, 6.45) is -9.70. The molecule has 0 saturated heterocycles. The quantitative estimate of drug-likeness (QED) is 0.677. The van der Waals surface area contributed by atoms with E-state index in [2.05, 4.69) is 4.74 Å². The number of ether oxygens (including phenoxy) is 1. The molecule has 0 unspecified atom stereocenters. The van der Waals surface area contributed by atoms with Crippen LogP contribution in [0.25, 0.3) is 0 Å². The molecule has 0 amide bonds. The van der Waals surface area contributed by atoms with Gasteiger partial charge in [0, 0.05) is 68.9 Å². The van der Waals surface area contributed by atoms with Crippen molar-refractivity contribution in [2.24, 2.45) is 0 Å². The molecule has 0 aliphatic heterocycles. The fraction of sp³-hybridized carbons (Fsp3) is 1.00. The Morgan fingerprint density at radius 2 is 0.812 bits per heavy atom. The van der Waals surface area contributed by atoms with Crippen molar-refractivity contribution in [1.82, 2.24) is 0 Å². The minimum Gasteiger partial charge on any atom is -0.351 e. The molecule has 0 saturated carbocycles. The molecule has 0 fully saturated rings. The fourth-order valence-electron chi connectivity index (χ4n) is 0.754. The van der Waals surface area contributed by atoms with Crippen molar-refractivity contribution in [2.45, 2.75) is 51.2 Å². The summed E-state index contributed by atoms with van der Waals surface area (Å²) in [6, 6.07) is 0. The van der Waals surface area contributed by atoms with E-state index in [1.165, 1.54) is 0 Å². The van der Waals surface area contributed by atoms with Crippen LogP contribution < -0.4 is 0 Å². The molecular weight excluding hydrogens is 359 g/mol. The largest absolute Gasteiger partial charge is 0.416 e. The first-order valence-corrected chi connectivity index (χ1v) is 4.04. The van der Waals surface area contributed by atoms with Crippen molar-refractivity contribution in [2.75, 3.05) is 0 Å². The normalized spacial score (nSPS) is 14.6. The van der Waals surface area contributed by atoms with E-state index in [9.17, 15) is 26.3 Å². The van der Waals surface area contributed by atoms with Gasteiger partial charge in [0.15, 0.2) is 11.2 Å². The summed E-state index contributed by atoms with van der Waals surface area (Å²) in [4.78, 5) is 0. The van der Waals surface area contributed by atoms with Crippen LogP contribution in [-0.2, 0) is 4.74 Å². The van der Waals surface area contributed by atoms with Crippen LogP contribution >= 0.6 is 0 Å². The Morgan fingerprint density at radius 1 is 0.625 bits per heavy atom. The van der Waals surface area contributed by atoms with Gasteiger partial charge in [0.1, 0.15) is 0 Å². The zero-order valence-corrected chi connectivity index (χ0v) is 16.0. The van der Waals surface area contributed by atoms with E-state index in [1.54, 1.807) is 0 Å². The predicted molar refractivity (Wildman–Crippen MR) is 47.1 cm³/mol. The van der Waals surface area contributed by atoms with E-state index in [-0.39, 0.29) is 68.9 Å². The van der Waals surface area contributed by atoms with E-state index in [4.69, 9.17) is 0 Å². The van der Waals surface area contributed by atoms with Gasteiger partial charge in [0.2, 0.25) is 0 Å². The summed E-state index contributed by atoms with van der Waals surface area (Å²) in [7, 11) is 0. The van der Waals surface area contributed by atoms with Crippen LogP contribution in [0.1, 0.15) is 27.7 Å². The van der Waals surface area contributed by atoms with Gasteiger partial charge >= 0.3 is 12.4 Å². The van der Waals surface area contributed by atoms with Crippen LogP contribution in [0.5, 0.6) is 0 Å². The number of alkyl halides is 6. The van der Waals surface area contributed by atoms with Crippen LogP contribution in [-0.4, -0.2) is 92.4 Å². The van der Waals surface area contributed by atoms with E-state index < -0.39 is 23.6 Å². The Morgan fingerprint density at radius 3 is 0.938 bits per heavy atom. The predicted octanol–water partition coefficient (Wildman–Crippen LogP) is 3.30. The van der Waals surface area contributed by atoms with Gasteiger partial charge in [-0.15, -0.1) is 0 Å². The first kappa shape index (κ1) is 19.9. The Labute approximate surface area is 149 Å². The van der Waals surface area contributed by atoms with Crippen molar-refractivity contribution in [3.63, 3.8) is 0 Å².